The van der Waals surface area contributed by atoms with E-state index in [2.05, 4.69) is 27.6 Å². The Balaban J connectivity index is 2.71. The largest absolute Gasteiger partial charge is 0.398 e. The molecule has 4 nitrogen and oxygen atoms in total. The van der Waals surface area contributed by atoms with E-state index in [-0.39, 0.29) is 4.90 Å². The highest BCUT2D eigenvalue weighted by Crippen LogP contribution is 2.22. The maximum atomic E-state index is 12.0. The summed E-state index contributed by atoms with van der Waals surface area (Å²) in [5, 5.41) is 0.433. The maximum absolute atomic E-state index is 12.0. The molecule has 0 aliphatic rings. The van der Waals surface area contributed by atoms with Crippen LogP contribution < -0.4 is 10.5 Å². The zero-order valence-electron chi connectivity index (χ0n) is 10.3. The summed E-state index contributed by atoms with van der Waals surface area (Å²) in [6, 6.07) is 4.61. The molecular formula is C11H17BrN2O2S2. The van der Waals surface area contributed by atoms with E-state index in [0.29, 0.717) is 22.0 Å². The lowest BCUT2D eigenvalue weighted by molar-refractivity contribution is 0.579. The summed E-state index contributed by atoms with van der Waals surface area (Å²) in [7, 11) is -3.46. The van der Waals surface area contributed by atoms with Crippen LogP contribution in [0.1, 0.15) is 13.3 Å². The molecule has 102 valence electrons. The highest BCUT2D eigenvalue weighted by atomic mass is 79.9. The standard InChI is InChI=1S/C11H17BrN2O2S2/c1-8(17-2)5-6-14-18(15,16)9-3-4-10(12)11(13)7-9/h3-4,7-8,14H,5-6,13H2,1-2H3. The quantitative estimate of drug-likeness (QED) is 0.771. The molecule has 0 bridgehead atoms. The average Bonchev–Trinajstić information content (AvgIpc) is 2.32. The first-order valence-corrected chi connectivity index (χ1v) is 9.00. The Morgan fingerprint density at radius 1 is 1.50 bits per heavy atom. The third-order valence-corrected chi connectivity index (χ3v) is 5.74. The van der Waals surface area contributed by atoms with E-state index in [9.17, 15) is 8.42 Å². The Morgan fingerprint density at radius 2 is 2.17 bits per heavy atom. The van der Waals surface area contributed by atoms with Crippen molar-refractivity contribution < 1.29 is 8.42 Å². The van der Waals surface area contributed by atoms with Crippen LogP contribution in [-0.2, 0) is 10.0 Å². The van der Waals surface area contributed by atoms with Gasteiger partial charge in [-0.25, -0.2) is 13.1 Å². The Labute approximate surface area is 121 Å². The lowest BCUT2D eigenvalue weighted by atomic mass is 10.3. The first kappa shape index (κ1) is 15.8. The van der Waals surface area contributed by atoms with Crippen molar-refractivity contribution in [2.75, 3.05) is 18.5 Å². The van der Waals surface area contributed by atoms with Crippen LogP contribution in [0, 0.1) is 0 Å². The average molecular weight is 353 g/mol. The second kappa shape index (κ2) is 6.79. The van der Waals surface area contributed by atoms with E-state index in [1.54, 1.807) is 17.8 Å². The van der Waals surface area contributed by atoms with Crippen LogP contribution in [-0.4, -0.2) is 26.5 Å². The van der Waals surface area contributed by atoms with Crippen molar-refractivity contribution in [2.45, 2.75) is 23.5 Å². The normalized spacial score (nSPS) is 13.5. The van der Waals surface area contributed by atoms with Crippen LogP contribution in [0.5, 0.6) is 0 Å². The molecule has 1 unspecified atom stereocenters. The van der Waals surface area contributed by atoms with Crippen LogP contribution in [0.25, 0.3) is 0 Å². The molecular weight excluding hydrogens is 336 g/mol. The lowest BCUT2D eigenvalue weighted by Crippen LogP contribution is -2.26. The molecule has 7 heteroatoms. The van der Waals surface area contributed by atoms with E-state index in [1.165, 1.54) is 12.1 Å². The minimum absolute atomic E-state index is 0.194. The number of nitrogen functional groups attached to an aromatic ring is 1. The van der Waals surface area contributed by atoms with Gasteiger partial charge in [0.25, 0.3) is 0 Å². The number of anilines is 1. The van der Waals surface area contributed by atoms with E-state index in [4.69, 9.17) is 5.73 Å². The maximum Gasteiger partial charge on any atom is 0.240 e. The van der Waals surface area contributed by atoms with Gasteiger partial charge in [0.1, 0.15) is 0 Å². The predicted octanol–water partition coefficient (Wildman–Crippen LogP) is 2.45. The number of nitrogens with one attached hydrogen (secondary N) is 1. The second-order valence-electron chi connectivity index (χ2n) is 3.92. The van der Waals surface area contributed by atoms with Gasteiger partial charge < -0.3 is 5.73 Å². The summed E-state index contributed by atoms with van der Waals surface area (Å²) in [5.41, 5.74) is 6.09. The van der Waals surface area contributed by atoms with E-state index >= 15 is 0 Å². The molecule has 0 saturated carbocycles. The molecule has 0 amide bonds. The molecule has 1 atom stereocenters. The van der Waals surface area contributed by atoms with Gasteiger partial charge in [0.2, 0.25) is 10.0 Å². The number of rotatable bonds is 6. The van der Waals surface area contributed by atoms with Crippen molar-refractivity contribution in [1.29, 1.82) is 0 Å². The fraction of sp³-hybridized carbons (Fsp3) is 0.455. The molecule has 0 aliphatic carbocycles. The fourth-order valence-corrected chi connectivity index (χ4v) is 2.97. The molecule has 1 aromatic rings. The van der Waals surface area contributed by atoms with Gasteiger partial charge in [-0.15, -0.1) is 0 Å². The van der Waals surface area contributed by atoms with E-state index in [0.717, 1.165) is 6.42 Å². The first-order valence-electron chi connectivity index (χ1n) is 5.44. The number of nitrogens with two attached hydrogens (primary N) is 1. The molecule has 0 radical (unpaired) electrons. The monoisotopic (exact) mass is 352 g/mol. The third-order valence-electron chi connectivity index (χ3n) is 2.52. The zero-order valence-corrected chi connectivity index (χ0v) is 13.5. The van der Waals surface area contributed by atoms with Crippen LogP contribution in [0.15, 0.2) is 27.6 Å². The van der Waals surface area contributed by atoms with Gasteiger partial charge >= 0.3 is 0 Å². The lowest BCUT2D eigenvalue weighted by Gasteiger charge is -2.10. The van der Waals surface area contributed by atoms with E-state index in [1.807, 2.05) is 6.26 Å². The van der Waals surface area contributed by atoms with Gasteiger partial charge in [-0.3, -0.25) is 0 Å². The fourth-order valence-electron chi connectivity index (χ4n) is 1.29. The molecule has 1 aromatic carbocycles. The molecule has 0 fully saturated rings. The van der Waals surface area contributed by atoms with Crippen molar-refractivity contribution >= 4 is 43.4 Å². The minimum Gasteiger partial charge on any atom is -0.398 e. The van der Waals surface area contributed by atoms with Gasteiger partial charge in [-0.05, 0) is 46.8 Å². The highest BCUT2D eigenvalue weighted by molar-refractivity contribution is 9.10. The Kier molecular flexibility index (Phi) is 5.97. The number of benzene rings is 1. The summed E-state index contributed by atoms with van der Waals surface area (Å²) in [4.78, 5) is 0.194. The third kappa shape index (κ3) is 4.46. The van der Waals surface area contributed by atoms with Crippen LogP contribution in [0.3, 0.4) is 0 Å². The van der Waals surface area contributed by atoms with Crippen LogP contribution in [0.4, 0.5) is 5.69 Å². The van der Waals surface area contributed by atoms with Crippen molar-refractivity contribution in [2.24, 2.45) is 0 Å². The van der Waals surface area contributed by atoms with Crippen LogP contribution >= 0.6 is 27.7 Å². The second-order valence-corrected chi connectivity index (χ2v) is 7.81. The van der Waals surface area contributed by atoms with Crippen LogP contribution in [0.2, 0.25) is 0 Å². The number of hydrogen-bond acceptors (Lipinski definition) is 4. The van der Waals surface area contributed by atoms with Gasteiger partial charge in [0.15, 0.2) is 0 Å². The Hall–Kier alpha value is -0.240. The van der Waals surface area contributed by atoms with Crippen molar-refractivity contribution in [3.8, 4) is 0 Å². The number of sulfonamides is 1. The minimum atomic E-state index is -3.46. The zero-order chi connectivity index (χ0) is 13.8. The van der Waals surface area contributed by atoms with Gasteiger partial charge in [-0.2, -0.15) is 11.8 Å². The highest BCUT2D eigenvalue weighted by Gasteiger charge is 2.14. The molecule has 1 rings (SSSR count). The number of halogens is 1. The van der Waals surface area contributed by atoms with Gasteiger partial charge in [-0.1, -0.05) is 6.92 Å². The van der Waals surface area contributed by atoms with Crippen molar-refractivity contribution in [3.63, 3.8) is 0 Å². The Morgan fingerprint density at radius 3 is 2.72 bits per heavy atom. The molecule has 18 heavy (non-hydrogen) atoms. The Bertz CT molecular complexity index is 506. The molecule has 0 aliphatic heterocycles. The van der Waals surface area contributed by atoms with Crippen molar-refractivity contribution in [3.05, 3.63) is 22.7 Å². The molecule has 0 spiro atoms. The summed E-state index contributed by atoms with van der Waals surface area (Å²) < 4.78 is 27.2. The van der Waals surface area contributed by atoms with E-state index < -0.39 is 10.0 Å². The number of thioether (sulfide) groups is 1. The summed E-state index contributed by atoms with van der Waals surface area (Å²) >= 11 is 4.95. The SMILES string of the molecule is CSC(C)CCNS(=O)(=O)c1ccc(Br)c(N)c1. The molecule has 3 N–H and O–H groups in total. The summed E-state index contributed by atoms with van der Waals surface area (Å²) in [5.74, 6) is 0. The van der Waals surface area contributed by atoms with Gasteiger partial charge in [0, 0.05) is 22.0 Å². The topological polar surface area (TPSA) is 72.2 Å². The molecule has 0 saturated heterocycles. The number of hydrogen-bond donors (Lipinski definition) is 2. The smallest absolute Gasteiger partial charge is 0.240 e. The molecule has 0 heterocycles. The first-order chi connectivity index (χ1) is 8.36. The predicted molar refractivity (Wildman–Crippen MR) is 81.3 cm³/mol. The molecule has 0 aromatic heterocycles. The summed E-state index contributed by atoms with van der Waals surface area (Å²) in [6.45, 7) is 2.50. The van der Waals surface area contributed by atoms with Gasteiger partial charge in [0.05, 0.1) is 4.90 Å². The van der Waals surface area contributed by atoms with Crippen molar-refractivity contribution in [1.82, 2.24) is 4.72 Å². The summed E-state index contributed by atoms with van der Waals surface area (Å²) in [6.07, 6.45) is 2.81.